The standard InChI is InChI=1S/C22H25N3O4/c1-28-18-9-7-16(8-10-18)13-24-15-17-14-23(11-12-25(17)22(24)27)21(26)19-5-3-4-6-20(19)29-2/h3-10,17H,11-15H2,1-2H3. The van der Waals surface area contributed by atoms with E-state index in [0.717, 1.165) is 11.3 Å². The average Bonchev–Trinajstić information content (AvgIpc) is 3.08. The van der Waals surface area contributed by atoms with Crippen LogP contribution in [0.25, 0.3) is 0 Å². The summed E-state index contributed by atoms with van der Waals surface area (Å²) in [5.41, 5.74) is 1.61. The fourth-order valence-electron chi connectivity index (χ4n) is 4.04. The first kappa shape index (κ1) is 19.1. The number of rotatable bonds is 5. The van der Waals surface area contributed by atoms with E-state index in [9.17, 15) is 9.59 Å². The molecule has 1 unspecified atom stereocenters. The molecule has 0 bridgehead atoms. The molecule has 2 fully saturated rings. The van der Waals surface area contributed by atoms with Gasteiger partial charge in [-0.2, -0.15) is 0 Å². The number of hydrogen-bond donors (Lipinski definition) is 0. The molecular formula is C22H25N3O4. The van der Waals surface area contributed by atoms with Crippen LogP contribution in [0.1, 0.15) is 15.9 Å². The minimum absolute atomic E-state index is 0.00755. The lowest BCUT2D eigenvalue weighted by molar-refractivity contribution is 0.0613. The molecule has 0 spiro atoms. The maximum absolute atomic E-state index is 13.0. The summed E-state index contributed by atoms with van der Waals surface area (Å²) >= 11 is 0. The van der Waals surface area contributed by atoms with Gasteiger partial charge in [0.15, 0.2) is 0 Å². The summed E-state index contributed by atoms with van der Waals surface area (Å²) in [5.74, 6) is 1.32. The molecule has 7 heteroatoms. The van der Waals surface area contributed by atoms with E-state index in [1.807, 2.05) is 51.1 Å². The van der Waals surface area contributed by atoms with Crippen molar-refractivity contribution in [2.24, 2.45) is 0 Å². The van der Waals surface area contributed by atoms with E-state index in [-0.39, 0.29) is 18.0 Å². The van der Waals surface area contributed by atoms with Crippen LogP contribution in [0, 0.1) is 0 Å². The van der Waals surface area contributed by atoms with Crippen molar-refractivity contribution in [2.75, 3.05) is 40.4 Å². The third kappa shape index (κ3) is 3.72. The maximum Gasteiger partial charge on any atom is 0.320 e. The number of benzene rings is 2. The predicted octanol–water partition coefficient (Wildman–Crippen LogP) is 2.47. The Labute approximate surface area is 170 Å². The highest BCUT2D eigenvalue weighted by Crippen LogP contribution is 2.26. The van der Waals surface area contributed by atoms with Crippen LogP contribution in [0.2, 0.25) is 0 Å². The largest absolute Gasteiger partial charge is 0.497 e. The molecule has 2 aliphatic heterocycles. The zero-order valence-electron chi connectivity index (χ0n) is 16.7. The molecule has 3 amide bonds. The number of methoxy groups -OCH3 is 2. The first-order valence-electron chi connectivity index (χ1n) is 9.71. The molecule has 1 atom stereocenters. The van der Waals surface area contributed by atoms with E-state index in [1.165, 1.54) is 0 Å². The molecule has 0 saturated carbocycles. The van der Waals surface area contributed by atoms with E-state index < -0.39 is 0 Å². The molecule has 0 aromatic heterocycles. The molecule has 29 heavy (non-hydrogen) atoms. The molecule has 7 nitrogen and oxygen atoms in total. The molecule has 152 valence electrons. The van der Waals surface area contributed by atoms with Gasteiger partial charge < -0.3 is 24.2 Å². The van der Waals surface area contributed by atoms with Gasteiger partial charge >= 0.3 is 6.03 Å². The Morgan fingerprint density at radius 1 is 1.00 bits per heavy atom. The number of ether oxygens (including phenoxy) is 2. The summed E-state index contributed by atoms with van der Waals surface area (Å²) in [4.78, 5) is 31.4. The van der Waals surface area contributed by atoms with Gasteiger partial charge in [-0.05, 0) is 29.8 Å². The highest BCUT2D eigenvalue weighted by Gasteiger charge is 2.41. The fourth-order valence-corrected chi connectivity index (χ4v) is 4.04. The second-order valence-electron chi connectivity index (χ2n) is 7.31. The molecule has 0 radical (unpaired) electrons. The van der Waals surface area contributed by atoms with Crippen molar-refractivity contribution in [3.63, 3.8) is 0 Å². The Bertz CT molecular complexity index is 899. The summed E-state index contributed by atoms with van der Waals surface area (Å²) in [6.45, 7) is 2.76. The normalized spacial score (nSPS) is 18.6. The number of fused-ring (bicyclic) bond motifs is 1. The average molecular weight is 395 g/mol. The van der Waals surface area contributed by atoms with Crippen molar-refractivity contribution in [2.45, 2.75) is 12.6 Å². The third-order valence-corrected chi connectivity index (χ3v) is 5.59. The lowest BCUT2D eigenvalue weighted by Gasteiger charge is -2.36. The number of urea groups is 1. The third-order valence-electron chi connectivity index (χ3n) is 5.59. The summed E-state index contributed by atoms with van der Waals surface area (Å²) in [6, 6.07) is 15.0. The Hall–Kier alpha value is -3.22. The van der Waals surface area contributed by atoms with E-state index in [1.54, 1.807) is 26.4 Å². The predicted molar refractivity (Wildman–Crippen MR) is 108 cm³/mol. The number of amides is 3. The van der Waals surface area contributed by atoms with Gasteiger partial charge in [0.1, 0.15) is 11.5 Å². The number of carbonyl (C=O) groups excluding carboxylic acids is 2. The van der Waals surface area contributed by atoms with Crippen LogP contribution in [0.15, 0.2) is 48.5 Å². The van der Waals surface area contributed by atoms with Crippen LogP contribution < -0.4 is 9.47 Å². The van der Waals surface area contributed by atoms with Crippen LogP contribution in [-0.4, -0.2) is 73.1 Å². The molecule has 2 aliphatic rings. The highest BCUT2D eigenvalue weighted by atomic mass is 16.5. The van der Waals surface area contributed by atoms with E-state index in [2.05, 4.69) is 0 Å². The van der Waals surface area contributed by atoms with E-state index in [0.29, 0.717) is 44.0 Å². The summed E-state index contributed by atoms with van der Waals surface area (Å²) < 4.78 is 10.5. The Balaban J connectivity index is 1.43. The zero-order valence-corrected chi connectivity index (χ0v) is 16.7. The molecule has 0 N–H and O–H groups in total. The van der Waals surface area contributed by atoms with Crippen molar-refractivity contribution in [1.82, 2.24) is 14.7 Å². The van der Waals surface area contributed by atoms with E-state index in [4.69, 9.17) is 9.47 Å². The molecule has 0 aliphatic carbocycles. The number of piperazine rings is 1. The lowest BCUT2D eigenvalue weighted by Crippen LogP contribution is -2.53. The maximum atomic E-state index is 13.0. The van der Waals surface area contributed by atoms with Gasteiger partial charge in [-0.1, -0.05) is 24.3 Å². The molecule has 2 heterocycles. The van der Waals surface area contributed by atoms with Crippen molar-refractivity contribution in [3.8, 4) is 11.5 Å². The van der Waals surface area contributed by atoms with Gasteiger partial charge in [-0.3, -0.25) is 4.79 Å². The van der Waals surface area contributed by atoms with Crippen molar-refractivity contribution >= 4 is 11.9 Å². The number of para-hydroxylation sites is 1. The molecule has 2 saturated heterocycles. The minimum Gasteiger partial charge on any atom is -0.497 e. The van der Waals surface area contributed by atoms with Crippen LogP contribution >= 0.6 is 0 Å². The molecular weight excluding hydrogens is 370 g/mol. The zero-order chi connectivity index (χ0) is 20.4. The van der Waals surface area contributed by atoms with Gasteiger partial charge in [0.25, 0.3) is 5.91 Å². The SMILES string of the molecule is COc1ccc(CN2CC3CN(C(=O)c4ccccc4OC)CCN3C2=O)cc1. The first-order valence-corrected chi connectivity index (χ1v) is 9.71. The van der Waals surface area contributed by atoms with Crippen LogP contribution in [0.4, 0.5) is 4.79 Å². The summed E-state index contributed by atoms with van der Waals surface area (Å²) in [7, 11) is 3.20. The minimum atomic E-state index is -0.0526. The Morgan fingerprint density at radius 2 is 1.76 bits per heavy atom. The first-order chi connectivity index (χ1) is 14.1. The second-order valence-corrected chi connectivity index (χ2v) is 7.31. The number of carbonyl (C=O) groups is 2. The van der Waals surface area contributed by atoms with Crippen LogP contribution in [0.3, 0.4) is 0 Å². The van der Waals surface area contributed by atoms with Crippen LogP contribution in [-0.2, 0) is 6.54 Å². The quantitative estimate of drug-likeness (QED) is 0.780. The lowest BCUT2D eigenvalue weighted by atomic mass is 10.1. The van der Waals surface area contributed by atoms with Gasteiger partial charge in [0.2, 0.25) is 0 Å². The molecule has 4 rings (SSSR count). The monoisotopic (exact) mass is 395 g/mol. The van der Waals surface area contributed by atoms with Gasteiger partial charge in [-0.15, -0.1) is 0 Å². The summed E-state index contributed by atoms with van der Waals surface area (Å²) in [5, 5.41) is 0. The van der Waals surface area contributed by atoms with Crippen molar-refractivity contribution in [1.29, 1.82) is 0 Å². The van der Waals surface area contributed by atoms with Gasteiger partial charge in [0.05, 0.1) is 25.8 Å². The fraction of sp³-hybridized carbons (Fsp3) is 0.364. The second kappa shape index (κ2) is 8.03. The smallest absolute Gasteiger partial charge is 0.320 e. The number of nitrogens with zero attached hydrogens (tertiary/aromatic N) is 3. The van der Waals surface area contributed by atoms with Crippen LogP contribution in [0.5, 0.6) is 11.5 Å². The molecule has 2 aromatic carbocycles. The molecule has 2 aromatic rings. The van der Waals surface area contributed by atoms with Gasteiger partial charge in [-0.25, -0.2) is 4.79 Å². The Morgan fingerprint density at radius 3 is 2.48 bits per heavy atom. The van der Waals surface area contributed by atoms with Crippen molar-refractivity contribution < 1.29 is 19.1 Å². The van der Waals surface area contributed by atoms with E-state index >= 15 is 0 Å². The van der Waals surface area contributed by atoms with Crippen molar-refractivity contribution in [3.05, 3.63) is 59.7 Å². The topological polar surface area (TPSA) is 62.3 Å². The van der Waals surface area contributed by atoms with Gasteiger partial charge in [0, 0.05) is 32.7 Å². The number of hydrogen-bond acceptors (Lipinski definition) is 4. The highest BCUT2D eigenvalue weighted by molar-refractivity contribution is 5.97. The Kier molecular flexibility index (Phi) is 5.29. The summed E-state index contributed by atoms with van der Waals surface area (Å²) in [6.07, 6.45) is 0.